The van der Waals surface area contributed by atoms with Crippen LogP contribution in [-0.2, 0) is 12.4 Å². The zero-order valence-electron chi connectivity index (χ0n) is 13.3. The van der Waals surface area contributed by atoms with Crippen LogP contribution in [0.25, 0.3) is 22.5 Å². The van der Waals surface area contributed by atoms with Crippen molar-refractivity contribution in [2.75, 3.05) is 0 Å². The number of halogens is 6. The second kappa shape index (κ2) is 5.74. The summed E-state index contributed by atoms with van der Waals surface area (Å²) < 4.78 is 79.4. The van der Waals surface area contributed by atoms with Crippen LogP contribution in [0.15, 0.2) is 41.3 Å². The minimum absolute atomic E-state index is 0.182. The number of rotatable bonds is 1. The first-order valence-corrected chi connectivity index (χ1v) is 7.46. The molecule has 0 spiro atoms. The van der Waals surface area contributed by atoms with E-state index in [1.165, 1.54) is 6.07 Å². The molecule has 3 heterocycles. The molecule has 0 amide bonds. The van der Waals surface area contributed by atoms with Crippen LogP contribution >= 0.6 is 0 Å². The van der Waals surface area contributed by atoms with Gasteiger partial charge in [-0.25, -0.2) is 0 Å². The van der Waals surface area contributed by atoms with Crippen molar-refractivity contribution in [2.45, 2.75) is 12.4 Å². The number of para-hydroxylation sites is 1. The molecule has 0 radical (unpaired) electrons. The van der Waals surface area contributed by atoms with Crippen molar-refractivity contribution in [1.29, 1.82) is 0 Å². The van der Waals surface area contributed by atoms with Crippen molar-refractivity contribution in [3.63, 3.8) is 0 Å². The Bertz CT molecular complexity index is 1270. The summed E-state index contributed by atoms with van der Waals surface area (Å²) in [6.45, 7) is 0. The van der Waals surface area contributed by atoms with Gasteiger partial charge in [0, 0.05) is 6.20 Å². The van der Waals surface area contributed by atoms with Crippen molar-refractivity contribution < 1.29 is 26.3 Å². The summed E-state index contributed by atoms with van der Waals surface area (Å²) in [5.74, 6) is -1.99. The highest BCUT2D eigenvalue weighted by atomic mass is 19.4. The summed E-state index contributed by atoms with van der Waals surface area (Å²) in [7, 11) is 0. The lowest BCUT2D eigenvalue weighted by Gasteiger charge is -2.14. The Morgan fingerprint density at radius 2 is 1.61 bits per heavy atom. The number of fused-ring (bicyclic) bond motifs is 3. The summed E-state index contributed by atoms with van der Waals surface area (Å²) in [5.41, 5.74) is -3.18. The number of hydrogen-bond donors (Lipinski definition) is 0. The van der Waals surface area contributed by atoms with Gasteiger partial charge in [0.05, 0.1) is 11.3 Å². The standard InChI is InChI=1S/C15H6F6N6O/c16-14(17,18)7-3-1-2-4-8(7)26-6-5-9-10(11(26)28)23-24-13-22-12(15(19,20)21)25-27(9)13/h1-6H. The van der Waals surface area contributed by atoms with Crippen LogP contribution in [0.3, 0.4) is 0 Å². The molecule has 144 valence electrons. The van der Waals surface area contributed by atoms with E-state index in [0.29, 0.717) is 9.08 Å². The number of nitrogens with zero attached hydrogens (tertiary/aromatic N) is 6. The van der Waals surface area contributed by atoms with Crippen LogP contribution in [0.1, 0.15) is 11.4 Å². The number of benzene rings is 1. The van der Waals surface area contributed by atoms with E-state index in [0.717, 1.165) is 30.5 Å². The van der Waals surface area contributed by atoms with Crippen LogP contribution in [0, 0.1) is 0 Å². The Kier molecular flexibility index (Phi) is 3.67. The largest absolute Gasteiger partial charge is 0.453 e. The zero-order chi connectivity index (χ0) is 20.3. The first-order valence-electron chi connectivity index (χ1n) is 7.46. The molecule has 0 saturated heterocycles. The molecule has 0 fully saturated rings. The highest BCUT2D eigenvalue weighted by molar-refractivity contribution is 5.74. The minimum atomic E-state index is -4.85. The molecule has 0 aliphatic rings. The van der Waals surface area contributed by atoms with Gasteiger partial charge in [-0.1, -0.05) is 12.1 Å². The molecule has 0 N–H and O–H groups in total. The van der Waals surface area contributed by atoms with Gasteiger partial charge in [0.1, 0.15) is 5.52 Å². The number of pyridine rings is 1. The number of aromatic nitrogens is 6. The Morgan fingerprint density at radius 3 is 2.29 bits per heavy atom. The van der Waals surface area contributed by atoms with Gasteiger partial charge in [-0.3, -0.25) is 9.36 Å². The average molecular weight is 400 g/mol. The molecular weight excluding hydrogens is 394 g/mol. The molecule has 1 aromatic carbocycles. The summed E-state index contributed by atoms with van der Waals surface area (Å²) in [4.78, 5) is 15.9. The fraction of sp³-hybridized carbons (Fsp3) is 0.133. The van der Waals surface area contributed by atoms with E-state index in [2.05, 4.69) is 20.3 Å². The van der Waals surface area contributed by atoms with Gasteiger partial charge in [0.15, 0.2) is 5.52 Å². The van der Waals surface area contributed by atoms with Gasteiger partial charge < -0.3 is 0 Å². The molecule has 28 heavy (non-hydrogen) atoms. The summed E-state index contributed by atoms with van der Waals surface area (Å²) >= 11 is 0. The predicted molar refractivity (Wildman–Crippen MR) is 81.7 cm³/mol. The van der Waals surface area contributed by atoms with Gasteiger partial charge in [-0.05, 0) is 18.2 Å². The van der Waals surface area contributed by atoms with Gasteiger partial charge in [-0.2, -0.15) is 35.8 Å². The van der Waals surface area contributed by atoms with Crippen molar-refractivity contribution >= 4 is 16.8 Å². The lowest BCUT2D eigenvalue weighted by atomic mass is 10.1. The van der Waals surface area contributed by atoms with Crippen LogP contribution in [-0.4, -0.2) is 29.4 Å². The molecule has 4 aromatic rings. The van der Waals surface area contributed by atoms with E-state index in [4.69, 9.17) is 0 Å². The van der Waals surface area contributed by atoms with Crippen LogP contribution in [0.2, 0.25) is 0 Å². The monoisotopic (exact) mass is 400 g/mol. The van der Waals surface area contributed by atoms with Gasteiger partial charge >= 0.3 is 12.4 Å². The second-order valence-corrected chi connectivity index (χ2v) is 5.58. The van der Waals surface area contributed by atoms with E-state index in [-0.39, 0.29) is 5.52 Å². The minimum Gasteiger partial charge on any atom is -0.282 e. The quantitative estimate of drug-likeness (QED) is 0.459. The van der Waals surface area contributed by atoms with E-state index in [9.17, 15) is 31.1 Å². The Hall–Kier alpha value is -3.51. The summed E-state index contributed by atoms with van der Waals surface area (Å²) in [6.07, 6.45) is -8.58. The third-order valence-corrected chi connectivity index (χ3v) is 3.83. The molecule has 4 rings (SSSR count). The maximum absolute atomic E-state index is 13.2. The third-order valence-electron chi connectivity index (χ3n) is 3.83. The molecule has 0 unspecified atom stereocenters. The average Bonchev–Trinajstić information content (AvgIpc) is 3.06. The fourth-order valence-corrected chi connectivity index (χ4v) is 2.64. The number of alkyl halides is 6. The van der Waals surface area contributed by atoms with Crippen molar-refractivity contribution in [3.8, 4) is 5.69 Å². The lowest BCUT2D eigenvalue weighted by molar-refractivity contribution is -0.144. The molecule has 0 bridgehead atoms. The fourth-order valence-electron chi connectivity index (χ4n) is 2.64. The lowest BCUT2D eigenvalue weighted by Crippen LogP contribution is -2.23. The molecule has 0 atom stereocenters. The molecule has 0 saturated carbocycles. The van der Waals surface area contributed by atoms with Crippen LogP contribution < -0.4 is 5.56 Å². The zero-order valence-corrected chi connectivity index (χ0v) is 13.3. The normalized spacial score (nSPS) is 12.8. The molecule has 7 nitrogen and oxygen atoms in total. The van der Waals surface area contributed by atoms with Crippen molar-refractivity contribution in [2.24, 2.45) is 0 Å². The SMILES string of the molecule is O=c1c2nnc3nc(C(F)(F)F)nn3c2ccn1-c1ccccc1C(F)(F)F. The Labute approximate surface area is 149 Å². The molecule has 3 aromatic heterocycles. The first kappa shape index (κ1) is 17.9. The van der Waals surface area contributed by atoms with Crippen molar-refractivity contribution in [3.05, 3.63) is 58.3 Å². The predicted octanol–water partition coefficient (Wildman–Crippen LogP) is 2.86. The number of hydrogen-bond acceptors (Lipinski definition) is 5. The Morgan fingerprint density at radius 1 is 0.893 bits per heavy atom. The topological polar surface area (TPSA) is 78.0 Å². The molecule has 13 heteroatoms. The molecule has 0 aliphatic heterocycles. The third kappa shape index (κ3) is 2.75. The highest BCUT2D eigenvalue weighted by Gasteiger charge is 2.37. The first-order chi connectivity index (χ1) is 13.1. The van der Waals surface area contributed by atoms with Crippen LogP contribution in [0.5, 0.6) is 0 Å². The maximum atomic E-state index is 13.2. The summed E-state index contributed by atoms with van der Waals surface area (Å²) in [6, 6.07) is 5.46. The van der Waals surface area contributed by atoms with Gasteiger partial charge in [-0.15, -0.1) is 15.3 Å². The van der Waals surface area contributed by atoms with E-state index in [1.807, 2.05) is 0 Å². The second-order valence-electron chi connectivity index (χ2n) is 5.58. The van der Waals surface area contributed by atoms with Gasteiger partial charge in [0.2, 0.25) is 0 Å². The maximum Gasteiger partial charge on any atom is 0.453 e. The molecular formula is C15H6F6N6O. The van der Waals surface area contributed by atoms with Crippen molar-refractivity contribution in [1.82, 2.24) is 29.4 Å². The van der Waals surface area contributed by atoms with E-state index < -0.39 is 46.3 Å². The summed E-state index contributed by atoms with van der Waals surface area (Å²) in [5, 5.41) is 10.2. The van der Waals surface area contributed by atoms with E-state index in [1.54, 1.807) is 0 Å². The highest BCUT2D eigenvalue weighted by Crippen LogP contribution is 2.33. The van der Waals surface area contributed by atoms with E-state index >= 15 is 0 Å². The Balaban J connectivity index is 1.99. The van der Waals surface area contributed by atoms with Crippen LogP contribution in [0.4, 0.5) is 26.3 Å². The van der Waals surface area contributed by atoms with Gasteiger partial charge in [0.25, 0.3) is 17.2 Å². The molecule has 0 aliphatic carbocycles. The smallest absolute Gasteiger partial charge is 0.282 e.